The molecule has 1 aliphatic carbocycles. The van der Waals surface area contributed by atoms with Crippen LogP contribution < -0.4 is 9.47 Å². The topological polar surface area (TPSA) is 48.0 Å². The van der Waals surface area contributed by atoms with Crippen LogP contribution in [0.1, 0.15) is 89.3 Å². The molecule has 2 aromatic rings. The first kappa shape index (κ1) is 29.6. The molecule has 0 bridgehead atoms. The molecule has 1 fully saturated rings. The van der Waals surface area contributed by atoms with Crippen molar-refractivity contribution in [2.45, 2.75) is 83.7 Å². The normalized spacial score (nSPS) is 19.8. The molecule has 0 radical (unpaired) electrons. The van der Waals surface area contributed by atoms with Crippen LogP contribution in [0.25, 0.3) is 5.57 Å². The summed E-state index contributed by atoms with van der Waals surface area (Å²) in [5, 5.41) is 0. The van der Waals surface area contributed by atoms with E-state index in [0.717, 1.165) is 88.2 Å². The molecule has 2 aliphatic heterocycles. The lowest BCUT2D eigenvalue weighted by Gasteiger charge is -2.38. The van der Waals surface area contributed by atoms with E-state index in [4.69, 9.17) is 14.2 Å². The lowest BCUT2D eigenvalue weighted by molar-refractivity contribution is -0.134. The van der Waals surface area contributed by atoms with Crippen molar-refractivity contribution in [1.82, 2.24) is 4.90 Å². The summed E-state index contributed by atoms with van der Waals surface area (Å²) in [4.78, 5) is 15.6. The van der Waals surface area contributed by atoms with Gasteiger partial charge in [0.2, 0.25) is 0 Å². The summed E-state index contributed by atoms with van der Waals surface area (Å²) in [5.41, 5.74) is 5.48. The Hall–Kier alpha value is -2.34. The summed E-state index contributed by atoms with van der Waals surface area (Å²) in [5.74, 6) is 1.35. The Kier molecular flexibility index (Phi) is 9.46. The fraction of sp³-hybridized carbons (Fsp3) is 0.545. The Morgan fingerprint density at radius 3 is 2.54 bits per heavy atom. The van der Waals surface area contributed by atoms with Gasteiger partial charge in [-0.1, -0.05) is 50.6 Å². The van der Waals surface area contributed by atoms with Crippen LogP contribution in [0.3, 0.4) is 0 Å². The zero-order valence-electron chi connectivity index (χ0n) is 24.0. The molecule has 0 saturated carbocycles. The highest BCUT2D eigenvalue weighted by molar-refractivity contribution is 5.85. The molecule has 3 aliphatic rings. The average Bonchev–Trinajstić information content (AvgIpc) is 3.41. The van der Waals surface area contributed by atoms with Crippen LogP contribution in [0.2, 0.25) is 0 Å². The Balaban J connectivity index is 0.00000353. The Morgan fingerprint density at radius 2 is 1.82 bits per heavy atom. The van der Waals surface area contributed by atoms with Gasteiger partial charge in [-0.25, -0.2) is 0 Å². The first-order chi connectivity index (χ1) is 18.3. The monoisotopic (exact) mass is 553 g/mol. The maximum Gasteiger partial charge on any atom is 0.311 e. The number of fused-ring (bicyclic) bond motifs is 2. The van der Waals surface area contributed by atoms with Crippen molar-refractivity contribution in [3.05, 3.63) is 64.7 Å². The van der Waals surface area contributed by atoms with Crippen LogP contribution in [0.4, 0.5) is 0 Å². The fourth-order valence-corrected chi connectivity index (χ4v) is 6.59. The minimum atomic E-state index is -0.356. The first-order valence-corrected chi connectivity index (χ1v) is 14.5. The number of halogens is 1. The molecule has 0 amide bonds. The van der Waals surface area contributed by atoms with Gasteiger partial charge in [0.25, 0.3) is 0 Å². The highest BCUT2D eigenvalue weighted by Gasteiger charge is 2.40. The van der Waals surface area contributed by atoms with Gasteiger partial charge in [-0.15, -0.1) is 12.4 Å². The maximum atomic E-state index is 13.2. The highest BCUT2D eigenvalue weighted by atomic mass is 35.5. The molecule has 1 unspecified atom stereocenters. The molecule has 0 N–H and O–H groups in total. The predicted octanol–water partition coefficient (Wildman–Crippen LogP) is 7.34. The van der Waals surface area contributed by atoms with Crippen LogP contribution in [-0.2, 0) is 14.9 Å². The summed E-state index contributed by atoms with van der Waals surface area (Å²) >= 11 is 0. The van der Waals surface area contributed by atoms with E-state index in [0.29, 0.717) is 12.2 Å². The molecule has 1 atom stereocenters. The van der Waals surface area contributed by atoms with Gasteiger partial charge in [-0.05, 0) is 86.9 Å². The molecule has 0 spiro atoms. The lowest BCUT2D eigenvalue weighted by Crippen LogP contribution is -2.37. The number of hydrogen-bond donors (Lipinski definition) is 0. The van der Waals surface area contributed by atoms with Crippen molar-refractivity contribution >= 4 is 23.9 Å². The zero-order valence-corrected chi connectivity index (χ0v) is 24.8. The van der Waals surface area contributed by atoms with Gasteiger partial charge in [-0.2, -0.15) is 0 Å². The molecule has 2 aromatic carbocycles. The fourth-order valence-electron chi connectivity index (χ4n) is 6.59. The number of esters is 1. The van der Waals surface area contributed by atoms with E-state index in [-0.39, 0.29) is 29.4 Å². The van der Waals surface area contributed by atoms with Gasteiger partial charge in [0, 0.05) is 24.9 Å². The minimum Gasteiger partial charge on any atom is -0.483 e. The van der Waals surface area contributed by atoms with E-state index in [2.05, 4.69) is 75.1 Å². The van der Waals surface area contributed by atoms with E-state index >= 15 is 0 Å². The standard InChI is InChI=1S/C33H43NO4.ClH/c1-5-16-33(4,24-11-7-6-8-12-24)25-22-28(37-30(35)15-10-17-34-18-20-36-21-19-34)31-26-13-9-14-27(26)32(2,3)38-29(31)23-25;/h6-8,11-12,22-23H,5,9-10,13-21H2,1-4H3;1H. The van der Waals surface area contributed by atoms with Gasteiger partial charge in [0.1, 0.15) is 17.1 Å². The molecule has 2 heterocycles. The smallest absolute Gasteiger partial charge is 0.311 e. The number of rotatable bonds is 9. The largest absolute Gasteiger partial charge is 0.483 e. The summed E-state index contributed by atoms with van der Waals surface area (Å²) in [6.45, 7) is 13.2. The van der Waals surface area contributed by atoms with Crippen LogP contribution in [-0.4, -0.2) is 49.3 Å². The number of carbonyl (C=O) groups excluding carboxylic acids is 1. The van der Waals surface area contributed by atoms with Gasteiger partial charge >= 0.3 is 5.97 Å². The van der Waals surface area contributed by atoms with Crippen LogP contribution in [0.15, 0.2) is 48.0 Å². The predicted molar refractivity (Wildman–Crippen MR) is 159 cm³/mol. The Morgan fingerprint density at radius 1 is 1.08 bits per heavy atom. The Labute approximate surface area is 240 Å². The summed E-state index contributed by atoms with van der Waals surface area (Å²) < 4.78 is 18.4. The second-order valence-corrected chi connectivity index (χ2v) is 11.8. The second-order valence-electron chi connectivity index (χ2n) is 11.8. The van der Waals surface area contributed by atoms with Crippen LogP contribution in [0, 0.1) is 0 Å². The number of carbonyl (C=O) groups is 1. The van der Waals surface area contributed by atoms with Gasteiger partial charge < -0.3 is 14.2 Å². The van der Waals surface area contributed by atoms with Crippen LogP contribution in [0.5, 0.6) is 11.5 Å². The number of morpholine rings is 1. The molecule has 5 rings (SSSR count). The van der Waals surface area contributed by atoms with Crippen molar-refractivity contribution < 1.29 is 19.0 Å². The minimum absolute atomic E-state index is 0. The van der Waals surface area contributed by atoms with Gasteiger partial charge in [-0.3, -0.25) is 9.69 Å². The van der Waals surface area contributed by atoms with Gasteiger partial charge in [0.15, 0.2) is 0 Å². The number of nitrogens with zero attached hydrogens (tertiary/aromatic N) is 1. The Bertz CT molecular complexity index is 1190. The van der Waals surface area contributed by atoms with Crippen molar-refractivity contribution in [3.8, 4) is 11.5 Å². The van der Waals surface area contributed by atoms with Gasteiger partial charge in [0.05, 0.1) is 18.8 Å². The van der Waals surface area contributed by atoms with E-state index < -0.39 is 0 Å². The van der Waals surface area contributed by atoms with E-state index in [1.807, 2.05) is 0 Å². The van der Waals surface area contributed by atoms with E-state index in [1.165, 1.54) is 16.7 Å². The van der Waals surface area contributed by atoms with E-state index in [1.54, 1.807) is 0 Å². The molecule has 212 valence electrons. The highest BCUT2D eigenvalue weighted by Crippen LogP contribution is 2.53. The number of hydrogen-bond acceptors (Lipinski definition) is 5. The third-order valence-electron chi connectivity index (χ3n) is 8.66. The van der Waals surface area contributed by atoms with Crippen LogP contribution >= 0.6 is 12.4 Å². The lowest BCUT2D eigenvalue weighted by atomic mass is 9.72. The van der Waals surface area contributed by atoms with Crippen molar-refractivity contribution in [2.24, 2.45) is 0 Å². The van der Waals surface area contributed by atoms with Crippen molar-refractivity contribution in [3.63, 3.8) is 0 Å². The molecule has 39 heavy (non-hydrogen) atoms. The summed E-state index contributed by atoms with van der Waals surface area (Å²) in [7, 11) is 0. The summed E-state index contributed by atoms with van der Waals surface area (Å²) in [6, 6.07) is 15.0. The maximum absolute atomic E-state index is 13.2. The SMILES string of the molecule is CCCC(C)(c1ccccc1)c1cc(OC(=O)CCCN2CCOCC2)c2c(c1)OC(C)(C)C1=C2CCC1.Cl. The molecule has 5 nitrogen and oxygen atoms in total. The second kappa shape index (κ2) is 12.4. The molecule has 6 heteroatoms. The van der Waals surface area contributed by atoms with Crippen molar-refractivity contribution in [1.29, 1.82) is 0 Å². The molecule has 0 aromatic heterocycles. The zero-order chi connectivity index (χ0) is 26.8. The number of allylic oxidation sites excluding steroid dienone is 1. The third kappa shape index (κ3) is 6.21. The van der Waals surface area contributed by atoms with Crippen molar-refractivity contribution in [2.75, 3.05) is 32.8 Å². The third-order valence-corrected chi connectivity index (χ3v) is 8.66. The first-order valence-electron chi connectivity index (χ1n) is 14.5. The summed E-state index contributed by atoms with van der Waals surface area (Å²) in [6.07, 6.45) is 6.37. The number of ether oxygens (including phenoxy) is 3. The average molecular weight is 554 g/mol. The number of benzene rings is 2. The molecular formula is C33H44ClNO4. The molecule has 1 saturated heterocycles. The molecular weight excluding hydrogens is 510 g/mol. The van der Waals surface area contributed by atoms with E-state index in [9.17, 15) is 4.79 Å². The quantitative estimate of drug-likeness (QED) is 0.240.